The number of nitrogens with one attached hydrogen (secondary N) is 3. The highest BCUT2D eigenvalue weighted by Crippen LogP contribution is 2.20. The quantitative estimate of drug-likeness (QED) is 0.0767. The van der Waals surface area contributed by atoms with Crippen LogP contribution in [0, 0.1) is 0 Å². The number of esters is 1. The first-order chi connectivity index (χ1) is 46.1. The van der Waals surface area contributed by atoms with Crippen LogP contribution in [-0.2, 0) is 47.6 Å². The Morgan fingerprint density at radius 1 is 0.414 bits per heavy atom. The van der Waals surface area contributed by atoms with Crippen LogP contribution in [0.25, 0.3) is 0 Å². The van der Waals surface area contributed by atoms with Crippen LogP contribution in [0.3, 0.4) is 0 Å². The van der Waals surface area contributed by atoms with E-state index in [1.807, 2.05) is 117 Å². The number of carboxylic acid groups (broad SMARTS) is 1. The van der Waals surface area contributed by atoms with Gasteiger partial charge in [0.05, 0.1) is 51.5 Å². The summed E-state index contributed by atoms with van der Waals surface area (Å²) in [6.45, 7) is 54.3. The fraction of sp³-hybridized carbons (Fsp3) is 0.857. The molecule has 8 saturated heterocycles. The van der Waals surface area contributed by atoms with Gasteiger partial charge in [-0.15, -0.1) is 0 Å². The minimum Gasteiger partial charge on any atom is -0.501 e. The van der Waals surface area contributed by atoms with Crippen LogP contribution in [0.2, 0.25) is 0 Å². The van der Waals surface area contributed by atoms with E-state index in [4.69, 9.17) is 24.1 Å². The van der Waals surface area contributed by atoms with E-state index in [0.717, 1.165) is 95.9 Å². The Morgan fingerprint density at radius 3 is 1.05 bits per heavy atom. The van der Waals surface area contributed by atoms with Crippen molar-refractivity contribution >= 4 is 64.1 Å². The maximum atomic E-state index is 12.2. The Balaban J connectivity index is 0.000000407. The summed E-state index contributed by atoms with van der Waals surface area (Å²) in [4.78, 5) is 113. The average molecular weight is 1480 g/mol. The lowest BCUT2D eigenvalue weighted by molar-refractivity contribution is -0.143. The highest BCUT2D eigenvalue weighted by atomic mass is 79.9. The number of carbonyl (C=O) groups is 8. The summed E-state index contributed by atoms with van der Waals surface area (Å²) in [5.41, 5.74) is -1.85. The van der Waals surface area contributed by atoms with Crippen molar-refractivity contribution in [3.8, 4) is 0 Å². The molecule has 0 bridgehead atoms. The van der Waals surface area contributed by atoms with Gasteiger partial charge >= 0.3 is 36.3 Å². The molecule has 8 heterocycles. The van der Waals surface area contributed by atoms with Gasteiger partial charge in [-0.3, -0.25) is 38.8 Å². The number of halogens is 1. The molecule has 8 aliphatic rings. The predicted octanol–water partition coefficient (Wildman–Crippen LogP) is 6.69. The van der Waals surface area contributed by atoms with Crippen molar-refractivity contribution in [2.45, 2.75) is 209 Å². The smallest absolute Gasteiger partial charge is 0.410 e. The van der Waals surface area contributed by atoms with Gasteiger partial charge < -0.3 is 78.9 Å². The van der Waals surface area contributed by atoms with E-state index >= 15 is 0 Å². The van der Waals surface area contributed by atoms with Crippen LogP contribution in [0.15, 0.2) is 12.3 Å². The van der Waals surface area contributed by atoms with Gasteiger partial charge in [0.15, 0.2) is 0 Å². The van der Waals surface area contributed by atoms with E-state index < -0.39 is 28.4 Å². The van der Waals surface area contributed by atoms with E-state index in [1.165, 1.54) is 45.9 Å². The van der Waals surface area contributed by atoms with E-state index in [0.29, 0.717) is 83.4 Å². The average Bonchev–Trinajstić information content (AvgIpc) is 1.86. The zero-order valence-electron chi connectivity index (χ0n) is 64.2. The van der Waals surface area contributed by atoms with Crippen LogP contribution in [0.1, 0.15) is 156 Å². The number of ether oxygens (including phenoxy) is 6. The summed E-state index contributed by atoms with van der Waals surface area (Å²) in [5, 5.41) is 19.3. The maximum absolute atomic E-state index is 12.2. The molecule has 6 amide bonds. The van der Waals surface area contributed by atoms with Gasteiger partial charge in [0.2, 0.25) is 11.8 Å². The molecule has 8 fully saturated rings. The third-order valence-corrected chi connectivity index (χ3v) is 17.4. The first kappa shape index (κ1) is 89.8. The highest BCUT2D eigenvalue weighted by molar-refractivity contribution is 9.09. The van der Waals surface area contributed by atoms with Crippen molar-refractivity contribution in [1.82, 2.24) is 64.9 Å². The second-order valence-corrected chi connectivity index (χ2v) is 31.1. The third-order valence-electron chi connectivity index (χ3n) is 16.8. The Morgan fingerprint density at radius 2 is 0.768 bits per heavy atom. The van der Waals surface area contributed by atoms with Gasteiger partial charge in [-0.1, -0.05) is 22.5 Å². The number of hydrogen-bond donors (Lipinski definition) is 4. The summed E-state index contributed by atoms with van der Waals surface area (Å²) in [5.74, 6) is 0.205. The molecule has 5 unspecified atom stereocenters. The highest BCUT2D eigenvalue weighted by Gasteiger charge is 2.35. The van der Waals surface area contributed by atoms with Gasteiger partial charge in [-0.25, -0.2) is 19.2 Å². The number of aliphatic carboxylic acids is 1. The Bertz CT molecular complexity index is 2430. The SMILES string of the molecule is C1CCNC1.C=C(CBr)OC.CC1CN(C(=O)OC(C)(C)C)CCN1.CC1CN(C(=O)OC(C)(C)C)CCN1CC(=O)N1CCCC1.CC1CN(C(=O)OC(C)(C)C)CCN1CC(=O)O.CC1CNCCN1CC(=O)N1CCCC1.COC(=O)CN1CCN(C(=O)OC(C)(C)C)CC1C. The zero-order chi connectivity index (χ0) is 74.8. The molecule has 8 rings (SSSR count). The first-order valence-corrected chi connectivity index (χ1v) is 36.9. The van der Waals surface area contributed by atoms with Crippen LogP contribution in [-0.4, -0.2) is 338 Å². The lowest BCUT2D eigenvalue weighted by Gasteiger charge is -2.40. The second-order valence-electron chi connectivity index (χ2n) is 30.5. The van der Waals surface area contributed by atoms with E-state index in [2.05, 4.69) is 78.5 Å². The molecule has 0 aromatic rings. The van der Waals surface area contributed by atoms with Crippen molar-refractivity contribution in [1.29, 1.82) is 0 Å². The van der Waals surface area contributed by atoms with Crippen molar-refractivity contribution < 1.29 is 71.9 Å². The largest absolute Gasteiger partial charge is 0.501 e. The zero-order valence-corrected chi connectivity index (χ0v) is 65.8. The molecule has 0 spiro atoms. The van der Waals surface area contributed by atoms with Gasteiger partial charge in [0.25, 0.3) is 0 Å². The molecule has 28 nitrogen and oxygen atoms in total. The first-order valence-electron chi connectivity index (χ1n) is 35.8. The molecule has 0 aromatic carbocycles. The lowest BCUT2D eigenvalue weighted by atomic mass is 10.2. The molecule has 0 aliphatic carbocycles. The molecule has 0 radical (unpaired) electrons. The molecule has 574 valence electrons. The number of amides is 6. The van der Waals surface area contributed by atoms with Crippen LogP contribution < -0.4 is 16.0 Å². The van der Waals surface area contributed by atoms with E-state index in [-0.39, 0.29) is 67.5 Å². The van der Waals surface area contributed by atoms with Crippen LogP contribution >= 0.6 is 15.9 Å². The van der Waals surface area contributed by atoms with Gasteiger partial charge in [0, 0.05) is 155 Å². The molecule has 0 saturated carbocycles. The minimum absolute atomic E-state index is 0.0172. The maximum Gasteiger partial charge on any atom is 0.410 e. The van der Waals surface area contributed by atoms with Crippen molar-refractivity contribution in [2.24, 2.45) is 0 Å². The van der Waals surface area contributed by atoms with Gasteiger partial charge in [-0.2, -0.15) is 0 Å². The second kappa shape index (κ2) is 44.9. The number of carboxylic acids is 1. The lowest BCUT2D eigenvalue weighted by Crippen LogP contribution is -2.56. The molecule has 0 aromatic heterocycles. The third kappa shape index (κ3) is 39.1. The molecule has 4 N–H and O–H groups in total. The van der Waals surface area contributed by atoms with Crippen molar-refractivity contribution in [3.05, 3.63) is 12.3 Å². The van der Waals surface area contributed by atoms with Crippen molar-refractivity contribution in [3.63, 3.8) is 0 Å². The van der Waals surface area contributed by atoms with Crippen molar-refractivity contribution in [2.75, 3.05) is 183 Å². The summed E-state index contributed by atoms with van der Waals surface area (Å²) in [6.07, 6.45) is 6.30. The number of hydrogen-bond acceptors (Lipinski definition) is 21. The number of methoxy groups -OCH3 is 2. The molecule has 5 atom stereocenters. The topological polar surface area (TPSA) is 281 Å². The summed E-state index contributed by atoms with van der Waals surface area (Å²) in [7, 11) is 2.98. The van der Waals surface area contributed by atoms with Gasteiger partial charge in [-0.05, 0) is 169 Å². The minimum atomic E-state index is -0.840. The molecule has 29 heteroatoms. The standard InChI is InChI=1S/C16H29N3O3.C13H24N2O4.C12H22N2O4.C11H21N3O.C10H20N2O2.C4H7BrO.C4H9N/c1-13-11-19(15(21)22-16(2,3)4)10-9-18(13)12-14(20)17-7-5-6-8-17;1-10-8-15(12(17)19-13(2,3)4)7-6-14(10)9-11(16)18-5;1-9-7-14(11(17)18-12(2,3)4)6-5-13(9)8-10(15)16;1-10-8-12-4-7-14(10)9-11(15)13-5-2-3-6-13;1-8-7-12(6-5-11-8)9(13)14-10(2,3)4;1-4(3-5)6-2;1-2-4-5-3-1/h13H,5-12H2,1-4H3;10H,6-9H2,1-5H3;9H,5-8H2,1-4H3,(H,15,16);10,12H,2-9H2,1H3;8,11H,5-7H2,1-4H3;1,3H2,2H3;5H,1-4H2. The summed E-state index contributed by atoms with van der Waals surface area (Å²) in [6, 6.07) is 1.16. The van der Waals surface area contributed by atoms with Crippen LogP contribution in [0.4, 0.5) is 19.2 Å². The molecular formula is C70H132BrN13O15. The fourth-order valence-corrected chi connectivity index (χ4v) is 11.5. The number of nitrogens with zero attached hydrogens (tertiary/aromatic N) is 10. The number of piperazine rings is 5. The monoisotopic (exact) mass is 1470 g/mol. The Hall–Kier alpha value is -5.30. The van der Waals surface area contributed by atoms with E-state index in [1.54, 1.807) is 26.7 Å². The Kier molecular flexibility index (Phi) is 40.8. The summed E-state index contributed by atoms with van der Waals surface area (Å²) >= 11 is 3.15. The number of carbonyl (C=O) groups excluding carboxylic acids is 7. The number of rotatable bonds is 10. The fourth-order valence-electron chi connectivity index (χ4n) is 11.3. The summed E-state index contributed by atoms with van der Waals surface area (Å²) < 4.78 is 30.6. The Labute approximate surface area is 602 Å². The number of likely N-dealkylation sites (tertiary alicyclic amines) is 2. The van der Waals surface area contributed by atoms with Gasteiger partial charge in [0.1, 0.15) is 22.4 Å². The number of allylic oxidation sites excluding steroid dienone is 1. The predicted molar refractivity (Wildman–Crippen MR) is 389 cm³/mol. The molecule has 99 heavy (non-hydrogen) atoms. The van der Waals surface area contributed by atoms with Crippen LogP contribution in [0.5, 0.6) is 0 Å². The normalized spacial score (nSPS) is 22.6. The van der Waals surface area contributed by atoms with E-state index in [9.17, 15) is 38.4 Å². The molecule has 8 aliphatic heterocycles. The number of alkyl halides is 1. The molecular weight excluding hydrogens is 1340 g/mol.